The van der Waals surface area contributed by atoms with Crippen LogP contribution < -0.4 is 9.64 Å². The number of phenolic OH excluding ortho intramolecular Hbond substituents is 1. The molecule has 0 saturated carbocycles. The number of hydrogen-bond donors (Lipinski definition) is 3. The molecule has 2 amide bonds. The van der Waals surface area contributed by atoms with Crippen LogP contribution in [0.25, 0.3) is 11.6 Å². The Balaban J connectivity index is 1.37. The summed E-state index contributed by atoms with van der Waals surface area (Å²) < 4.78 is 88.6. The number of hydrogen-bond acceptors (Lipinski definition) is 7. The van der Waals surface area contributed by atoms with Crippen molar-refractivity contribution >= 4 is 29.2 Å². The van der Waals surface area contributed by atoms with Crippen molar-refractivity contribution in [2.45, 2.75) is 37.7 Å². The average Bonchev–Trinajstić information content (AvgIpc) is 3.40. The lowest BCUT2D eigenvalue weighted by Gasteiger charge is -2.36. The van der Waals surface area contributed by atoms with E-state index in [9.17, 15) is 51.3 Å². The number of nitrogens with zero attached hydrogens (tertiary/aromatic N) is 2. The normalized spacial score (nSPS) is 20.0. The third kappa shape index (κ3) is 8.19. The molecule has 1 aliphatic carbocycles. The van der Waals surface area contributed by atoms with E-state index in [1.807, 2.05) is 6.08 Å². The summed E-state index contributed by atoms with van der Waals surface area (Å²) in [6, 6.07) is 20.7. The summed E-state index contributed by atoms with van der Waals surface area (Å²) in [5.41, 5.74) is -1.73. The van der Waals surface area contributed by atoms with Crippen LogP contribution >= 0.6 is 0 Å². The molecule has 0 radical (unpaired) electrons. The zero-order valence-corrected chi connectivity index (χ0v) is 28.4. The second-order valence-corrected chi connectivity index (χ2v) is 13.1. The Kier molecular flexibility index (Phi) is 11.0. The summed E-state index contributed by atoms with van der Waals surface area (Å²) in [5.74, 6) is -5.54. The first-order valence-corrected chi connectivity index (χ1v) is 16.9. The van der Waals surface area contributed by atoms with E-state index in [-0.39, 0.29) is 43.3 Å². The highest BCUT2D eigenvalue weighted by Gasteiger charge is 2.56. The van der Waals surface area contributed by atoms with E-state index in [0.717, 1.165) is 5.56 Å². The summed E-state index contributed by atoms with van der Waals surface area (Å²) in [6.07, 6.45) is -8.36. The second kappa shape index (κ2) is 15.5. The fraction of sp³-hybridized carbons (Fsp3) is 0.275. The maximum Gasteiger partial charge on any atom is 0.416 e. The van der Waals surface area contributed by atoms with Crippen molar-refractivity contribution in [2.24, 2.45) is 17.8 Å². The molecule has 0 unspecified atom stereocenters. The number of carbonyl (C=O) groups excluding carboxylic acids is 2. The maximum atomic E-state index is 14.0. The van der Waals surface area contributed by atoms with E-state index in [1.165, 1.54) is 12.1 Å². The Morgan fingerprint density at radius 2 is 1.54 bits per heavy atom. The molecule has 1 aromatic heterocycles. The molecule has 0 bridgehead atoms. The van der Waals surface area contributed by atoms with Crippen LogP contribution in [-0.4, -0.2) is 51.4 Å². The monoisotopic (exact) mass is 752 g/mol. The number of para-hydroxylation sites is 1. The maximum absolute atomic E-state index is 14.0. The lowest BCUT2D eigenvalue weighted by Crippen LogP contribution is -2.40. The number of amides is 2. The van der Waals surface area contributed by atoms with Gasteiger partial charge in [0, 0.05) is 12.1 Å². The number of alkyl halides is 6. The smallest absolute Gasteiger partial charge is 0.416 e. The van der Waals surface area contributed by atoms with E-state index < -0.39 is 71.4 Å². The summed E-state index contributed by atoms with van der Waals surface area (Å²) in [4.78, 5) is 32.7. The zero-order valence-electron chi connectivity index (χ0n) is 28.4. The van der Waals surface area contributed by atoms with Gasteiger partial charge >= 0.3 is 12.4 Å². The predicted octanol–water partition coefficient (Wildman–Crippen LogP) is 7.70. The SMILES string of the molecule is O=C1[C@@H]2[C@@H](CC(COc3ccccc3)=C([C@H](O)CC/C(=C/c3ccc(O)cc3)c3ccccn3)[C@@H]2CO)C(=O)N1c1cc(C(F)(F)F)cc(C(F)(F)F)c1. The molecular weight excluding hydrogens is 718 g/mol. The molecule has 1 saturated heterocycles. The topological polar surface area (TPSA) is 120 Å². The van der Waals surface area contributed by atoms with Gasteiger partial charge in [-0.05, 0) is 102 Å². The Morgan fingerprint density at radius 1 is 0.889 bits per heavy atom. The number of anilines is 1. The molecule has 6 rings (SSSR count). The Bertz CT molecular complexity index is 2020. The minimum Gasteiger partial charge on any atom is -0.508 e. The van der Waals surface area contributed by atoms with Crippen molar-refractivity contribution in [3.05, 3.63) is 131 Å². The first-order chi connectivity index (χ1) is 25.7. The molecule has 54 heavy (non-hydrogen) atoms. The number of fused-ring (bicyclic) bond motifs is 1. The number of rotatable bonds is 11. The van der Waals surface area contributed by atoms with Crippen LogP contribution in [0, 0.1) is 17.8 Å². The van der Waals surface area contributed by atoms with Crippen LogP contribution in [0.15, 0.2) is 108 Å². The number of halogens is 6. The second-order valence-electron chi connectivity index (χ2n) is 13.1. The number of aromatic hydroxyl groups is 1. The molecule has 1 fully saturated rings. The van der Waals surface area contributed by atoms with Gasteiger partial charge in [-0.3, -0.25) is 14.6 Å². The highest BCUT2D eigenvalue weighted by Crippen LogP contribution is 2.49. The van der Waals surface area contributed by atoms with Gasteiger partial charge in [0.05, 0.1) is 47.1 Å². The van der Waals surface area contributed by atoms with E-state index in [0.29, 0.717) is 39.6 Å². The van der Waals surface area contributed by atoms with Gasteiger partial charge in [-0.2, -0.15) is 26.3 Å². The van der Waals surface area contributed by atoms with E-state index >= 15 is 0 Å². The molecule has 3 N–H and O–H groups in total. The predicted molar refractivity (Wildman–Crippen MR) is 186 cm³/mol. The number of aromatic nitrogens is 1. The van der Waals surface area contributed by atoms with Gasteiger partial charge in [-0.25, -0.2) is 4.90 Å². The van der Waals surface area contributed by atoms with E-state index in [4.69, 9.17) is 4.74 Å². The zero-order chi connectivity index (χ0) is 38.8. The Hall–Kier alpha value is -5.47. The highest BCUT2D eigenvalue weighted by atomic mass is 19.4. The number of phenols is 1. The number of ether oxygens (including phenoxy) is 1. The third-order valence-corrected chi connectivity index (χ3v) is 9.64. The number of allylic oxidation sites excluding steroid dienone is 1. The van der Waals surface area contributed by atoms with Crippen molar-refractivity contribution in [1.29, 1.82) is 0 Å². The summed E-state index contributed by atoms with van der Waals surface area (Å²) in [7, 11) is 0. The van der Waals surface area contributed by atoms with Crippen molar-refractivity contribution in [3.8, 4) is 11.5 Å². The molecule has 0 spiro atoms. The van der Waals surface area contributed by atoms with Crippen molar-refractivity contribution in [1.82, 2.24) is 4.98 Å². The fourth-order valence-electron chi connectivity index (χ4n) is 7.15. The molecule has 2 heterocycles. The fourth-order valence-corrected chi connectivity index (χ4v) is 7.15. The van der Waals surface area contributed by atoms with Gasteiger partial charge in [0.25, 0.3) is 0 Å². The first-order valence-electron chi connectivity index (χ1n) is 16.9. The molecular formula is C40H34F6N2O6. The minimum atomic E-state index is -5.23. The van der Waals surface area contributed by atoms with Crippen LogP contribution in [0.3, 0.4) is 0 Å². The van der Waals surface area contributed by atoms with E-state index in [1.54, 1.807) is 66.9 Å². The van der Waals surface area contributed by atoms with Gasteiger partial charge in [-0.1, -0.05) is 36.4 Å². The molecule has 4 atom stereocenters. The van der Waals surface area contributed by atoms with Crippen LogP contribution in [0.5, 0.6) is 11.5 Å². The van der Waals surface area contributed by atoms with Gasteiger partial charge in [-0.15, -0.1) is 0 Å². The standard InChI is InChI=1S/C40H34F6N2O6/c41-39(42,43)26-18-27(40(44,45)46)20-28(19-26)48-37(52)31-17-25(22-54-30-6-2-1-3-7-30)35(32(21-49)36(31)38(48)53)34(51)14-11-24(33-8-4-5-15-47-33)16-23-9-12-29(50)13-10-23/h1-10,12-13,15-16,18-20,31-32,34,36,49-51H,11,14,17,21-22H2/b24-16-/t31-,32+,34-,36-/m1/s1. The summed E-state index contributed by atoms with van der Waals surface area (Å²) >= 11 is 0. The van der Waals surface area contributed by atoms with Gasteiger partial charge in [0.1, 0.15) is 18.1 Å². The first kappa shape index (κ1) is 38.3. The number of imide groups is 1. The van der Waals surface area contributed by atoms with Crippen molar-refractivity contribution in [2.75, 3.05) is 18.1 Å². The minimum absolute atomic E-state index is 0.0208. The van der Waals surface area contributed by atoms with Crippen LogP contribution in [0.4, 0.5) is 32.0 Å². The Morgan fingerprint density at radius 3 is 2.13 bits per heavy atom. The molecule has 8 nitrogen and oxygen atoms in total. The summed E-state index contributed by atoms with van der Waals surface area (Å²) in [5, 5.41) is 32.4. The van der Waals surface area contributed by atoms with Crippen LogP contribution in [0.1, 0.15) is 41.6 Å². The number of carbonyl (C=O) groups is 2. The van der Waals surface area contributed by atoms with Crippen molar-refractivity contribution in [3.63, 3.8) is 0 Å². The summed E-state index contributed by atoms with van der Waals surface area (Å²) in [6.45, 7) is -0.974. The quantitative estimate of drug-likeness (QED) is 0.0817. The lowest BCUT2D eigenvalue weighted by atomic mass is 9.68. The largest absolute Gasteiger partial charge is 0.508 e. The van der Waals surface area contributed by atoms with Crippen LogP contribution in [0.2, 0.25) is 0 Å². The molecule has 282 valence electrons. The van der Waals surface area contributed by atoms with Gasteiger partial charge in [0.2, 0.25) is 11.8 Å². The molecule has 3 aromatic carbocycles. The third-order valence-electron chi connectivity index (χ3n) is 9.64. The molecule has 4 aromatic rings. The van der Waals surface area contributed by atoms with Crippen molar-refractivity contribution < 1.29 is 56.0 Å². The van der Waals surface area contributed by atoms with Gasteiger partial charge < -0.3 is 20.1 Å². The molecule has 14 heteroatoms. The number of pyridine rings is 1. The number of aliphatic hydroxyl groups is 2. The molecule has 2 aliphatic rings. The van der Waals surface area contributed by atoms with E-state index in [2.05, 4.69) is 4.98 Å². The number of benzene rings is 3. The highest BCUT2D eigenvalue weighted by molar-refractivity contribution is 6.22. The van der Waals surface area contributed by atoms with Gasteiger partial charge in [0.15, 0.2) is 0 Å². The number of aliphatic hydroxyl groups excluding tert-OH is 2. The van der Waals surface area contributed by atoms with Crippen LogP contribution in [-0.2, 0) is 21.9 Å². The average molecular weight is 753 g/mol. The Labute approximate surface area is 305 Å². The molecule has 1 aliphatic heterocycles. The lowest BCUT2D eigenvalue weighted by molar-refractivity contribution is -0.143.